The molecule has 6 heteroatoms. The number of halogens is 2. The minimum absolute atomic E-state index is 0.116. The SMILES string of the molecule is CC(=NCCN=C(C)c1cc(Cl)ccc1[O-])c1cc(Cl)ccc1[O-]. The molecule has 24 heavy (non-hydrogen) atoms. The monoisotopic (exact) mass is 362 g/mol. The van der Waals surface area contributed by atoms with Crippen molar-refractivity contribution in [1.82, 2.24) is 0 Å². The Balaban J connectivity index is 2.05. The summed E-state index contributed by atoms with van der Waals surface area (Å²) in [7, 11) is 0. The summed E-state index contributed by atoms with van der Waals surface area (Å²) in [6, 6.07) is 9.17. The highest BCUT2D eigenvalue weighted by atomic mass is 35.5. The standard InChI is InChI=1S/C18H18Cl2N2O2/c1-11(15-9-13(19)3-5-17(15)23)21-7-8-22-12(2)16-10-14(20)4-6-18(16)24/h3-6,9-10,23-24H,7-8H2,1-2H3/p-2. The average Bonchev–Trinajstić information content (AvgIpc) is 2.55. The molecule has 0 radical (unpaired) electrons. The van der Waals surface area contributed by atoms with E-state index in [4.69, 9.17) is 23.2 Å². The van der Waals surface area contributed by atoms with Gasteiger partial charge in [-0.1, -0.05) is 46.8 Å². The van der Waals surface area contributed by atoms with Crippen molar-refractivity contribution >= 4 is 34.6 Å². The zero-order valence-corrected chi connectivity index (χ0v) is 14.9. The third-order valence-electron chi connectivity index (χ3n) is 3.46. The van der Waals surface area contributed by atoms with Gasteiger partial charge < -0.3 is 10.2 Å². The van der Waals surface area contributed by atoms with Crippen LogP contribution in [-0.2, 0) is 0 Å². The smallest absolute Gasteiger partial charge is 0.0588 e. The first kappa shape index (κ1) is 18.3. The van der Waals surface area contributed by atoms with Gasteiger partial charge in [0.15, 0.2) is 0 Å². The van der Waals surface area contributed by atoms with Gasteiger partial charge >= 0.3 is 0 Å². The molecule has 0 bridgehead atoms. The summed E-state index contributed by atoms with van der Waals surface area (Å²) in [6.45, 7) is 4.33. The highest BCUT2D eigenvalue weighted by Crippen LogP contribution is 2.21. The molecule has 0 amide bonds. The predicted octanol–water partition coefficient (Wildman–Crippen LogP) is 3.46. The summed E-state index contributed by atoms with van der Waals surface area (Å²) in [4.78, 5) is 8.70. The maximum atomic E-state index is 11.8. The molecule has 2 aromatic carbocycles. The third-order valence-corrected chi connectivity index (χ3v) is 3.93. The largest absolute Gasteiger partial charge is 0.872 e. The summed E-state index contributed by atoms with van der Waals surface area (Å²) in [5.41, 5.74) is 2.20. The highest BCUT2D eigenvalue weighted by molar-refractivity contribution is 6.31. The van der Waals surface area contributed by atoms with Gasteiger partial charge in [0, 0.05) is 21.5 Å². The highest BCUT2D eigenvalue weighted by Gasteiger charge is 2.01. The molecule has 0 aliphatic heterocycles. The van der Waals surface area contributed by atoms with Gasteiger partial charge in [0.05, 0.1) is 13.1 Å². The van der Waals surface area contributed by atoms with Crippen molar-refractivity contribution in [2.45, 2.75) is 13.8 Å². The van der Waals surface area contributed by atoms with Gasteiger partial charge in [-0.3, -0.25) is 9.98 Å². The molecule has 0 saturated heterocycles. The number of aliphatic imine (C=N–C) groups is 2. The van der Waals surface area contributed by atoms with Crippen LogP contribution < -0.4 is 10.2 Å². The topological polar surface area (TPSA) is 70.8 Å². The lowest BCUT2D eigenvalue weighted by atomic mass is 10.1. The summed E-state index contributed by atoms with van der Waals surface area (Å²) in [6.07, 6.45) is 0. The lowest BCUT2D eigenvalue weighted by molar-refractivity contribution is -0.269. The fraction of sp³-hybridized carbons (Fsp3) is 0.222. The Labute approximate surface area is 151 Å². The predicted molar refractivity (Wildman–Crippen MR) is 96.0 cm³/mol. The van der Waals surface area contributed by atoms with Crippen molar-refractivity contribution in [2.75, 3.05) is 13.1 Å². The molecule has 126 valence electrons. The van der Waals surface area contributed by atoms with Crippen LogP contribution in [0, 0.1) is 0 Å². The first-order valence-electron chi connectivity index (χ1n) is 7.34. The van der Waals surface area contributed by atoms with E-state index in [1.54, 1.807) is 38.1 Å². The Morgan fingerprint density at radius 3 is 1.54 bits per heavy atom. The van der Waals surface area contributed by atoms with Gasteiger partial charge in [0.1, 0.15) is 0 Å². The maximum Gasteiger partial charge on any atom is 0.0588 e. The van der Waals surface area contributed by atoms with E-state index in [9.17, 15) is 10.2 Å². The Hall–Kier alpha value is -2.04. The summed E-state index contributed by atoms with van der Waals surface area (Å²) in [5.74, 6) is -0.231. The van der Waals surface area contributed by atoms with Crippen LogP contribution in [-0.4, -0.2) is 24.5 Å². The number of hydrogen-bond acceptors (Lipinski definition) is 4. The molecule has 0 unspecified atom stereocenters. The molecule has 0 spiro atoms. The van der Waals surface area contributed by atoms with E-state index in [0.29, 0.717) is 45.7 Å². The molecular weight excluding hydrogens is 347 g/mol. The number of benzene rings is 2. The van der Waals surface area contributed by atoms with Crippen LogP contribution in [0.15, 0.2) is 46.4 Å². The molecule has 4 nitrogen and oxygen atoms in total. The van der Waals surface area contributed by atoms with Gasteiger partial charge in [0.2, 0.25) is 0 Å². The van der Waals surface area contributed by atoms with E-state index in [2.05, 4.69) is 9.98 Å². The number of rotatable bonds is 5. The molecule has 0 heterocycles. The van der Waals surface area contributed by atoms with E-state index >= 15 is 0 Å². The summed E-state index contributed by atoms with van der Waals surface area (Å²) >= 11 is 11.8. The number of hydrogen-bond donors (Lipinski definition) is 0. The Morgan fingerprint density at radius 2 is 1.17 bits per heavy atom. The van der Waals surface area contributed by atoms with Crippen LogP contribution in [0.5, 0.6) is 11.5 Å². The van der Waals surface area contributed by atoms with Crippen LogP contribution in [0.4, 0.5) is 0 Å². The van der Waals surface area contributed by atoms with Gasteiger partial charge in [-0.15, -0.1) is 0 Å². The molecule has 0 aliphatic rings. The van der Waals surface area contributed by atoms with E-state index in [1.807, 2.05) is 0 Å². The summed E-state index contributed by atoms with van der Waals surface area (Å²) < 4.78 is 0. The molecule has 2 rings (SSSR count). The molecule has 0 N–H and O–H groups in total. The van der Waals surface area contributed by atoms with Crippen LogP contribution in [0.3, 0.4) is 0 Å². The first-order valence-corrected chi connectivity index (χ1v) is 8.10. The molecule has 0 saturated carbocycles. The normalized spacial score (nSPS) is 12.5. The minimum atomic E-state index is -0.116. The molecule has 0 atom stereocenters. The van der Waals surface area contributed by atoms with Crippen molar-refractivity contribution in [3.05, 3.63) is 57.6 Å². The van der Waals surface area contributed by atoms with Crippen molar-refractivity contribution in [3.63, 3.8) is 0 Å². The van der Waals surface area contributed by atoms with Crippen LogP contribution in [0.25, 0.3) is 0 Å². The lowest BCUT2D eigenvalue weighted by Crippen LogP contribution is -2.06. The Kier molecular flexibility index (Phi) is 6.23. The Morgan fingerprint density at radius 1 is 0.792 bits per heavy atom. The van der Waals surface area contributed by atoms with E-state index in [0.717, 1.165) is 0 Å². The third kappa shape index (κ3) is 4.73. The van der Waals surface area contributed by atoms with Gasteiger partial charge in [-0.25, -0.2) is 0 Å². The van der Waals surface area contributed by atoms with Crippen LogP contribution in [0.2, 0.25) is 10.0 Å². The minimum Gasteiger partial charge on any atom is -0.872 e. The van der Waals surface area contributed by atoms with Crippen molar-refractivity contribution in [1.29, 1.82) is 0 Å². The molecule has 0 fully saturated rings. The van der Waals surface area contributed by atoms with Gasteiger partial charge in [-0.2, -0.15) is 0 Å². The molecule has 0 aromatic heterocycles. The van der Waals surface area contributed by atoms with Gasteiger partial charge in [-0.05, 0) is 49.2 Å². The zero-order valence-electron chi connectivity index (χ0n) is 13.3. The molecule has 0 aliphatic carbocycles. The van der Waals surface area contributed by atoms with Crippen LogP contribution >= 0.6 is 23.2 Å². The lowest BCUT2D eigenvalue weighted by Gasteiger charge is -2.14. The first-order chi connectivity index (χ1) is 11.4. The summed E-state index contributed by atoms with van der Waals surface area (Å²) in [5, 5.41) is 24.6. The molecular formula is C18H16Cl2N2O2-2. The average molecular weight is 363 g/mol. The second-order valence-corrected chi connectivity index (χ2v) is 6.09. The second-order valence-electron chi connectivity index (χ2n) is 5.22. The van der Waals surface area contributed by atoms with Crippen molar-refractivity contribution < 1.29 is 10.2 Å². The van der Waals surface area contributed by atoms with Crippen molar-refractivity contribution in [3.8, 4) is 11.5 Å². The fourth-order valence-electron chi connectivity index (χ4n) is 2.18. The van der Waals surface area contributed by atoms with E-state index < -0.39 is 0 Å². The fourth-order valence-corrected chi connectivity index (χ4v) is 2.52. The van der Waals surface area contributed by atoms with Crippen molar-refractivity contribution in [2.24, 2.45) is 9.98 Å². The van der Waals surface area contributed by atoms with Gasteiger partial charge in [0.25, 0.3) is 0 Å². The Bertz CT molecular complexity index is 734. The second kappa shape index (κ2) is 8.18. The quantitative estimate of drug-likeness (QED) is 0.603. The molecule has 2 aromatic rings. The zero-order chi connectivity index (χ0) is 17.7. The number of nitrogens with zero attached hydrogens (tertiary/aromatic N) is 2. The van der Waals surface area contributed by atoms with E-state index in [-0.39, 0.29) is 11.5 Å². The van der Waals surface area contributed by atoms with Crippen LogP contribution in [0.1, 0.15) is 25.0 Å². The van der Waals surface area contributed by atoms with E-state index in [1.165, 1.54) is 12.1 Å². The maximum absolute atomic E-state index is 11.8.